The molecule has 3 aromatic rings. The first kappa shape index (κ1) is 15.7. The number of nitrogens with one attached hydrogen (secondary N) is 1. The number of imidazole rings is 1. The van der Waals surface area contributed by atoms with E-state index in [2.05, 4.69) is 26.2 Å². The fourth-order valence-electron chi connectivity index (χ4n) is 2.63. The van der Waals surface area contributed by atoms with Crippen LogP contribution < -0.4 is 5.32 Å². The summed E-state index contributed by atoms with van der Waals surface area (Å²) < 4.78 is 2.79. The highest BCUT2D eigenvalue weighted by atomic mass is 79.9. The number of nitrogens with zero attached hydrogens (tertiary/aromatic N) is 2. The second-order valence-electron chi connectivity index (χ2n) is 5.62. The summed E-state index contributed by atoms with van der Waals surface area (Å²) in [4.78, 5) is 17.4. The first-order valence-corrected chi connectivity index (χ1v) is 8.34. The van der Waals surface area contributed by atoms with Crippen LogP contribution in [0.1, 0.15) is 34.2 Å². The van der Waals surface area contributed by atoms with Crippen molar-refractivity contribution in [3.63, 3.8) is 0 Å². The normalized spacial score (nSPS) is 11.0. The second-order valence-corrected chi connectivity index (χ2v) is 6.53. The third-order valence-electron chi connectivity index (χ3n) is 3.80. The molecule has 5 heteroatoms. The third-order valence-corrected chi connectivity index (χ3v) is 4.24. The monoisotopic (exact) mass is 371 g/mol. The molecule has 0 spiro atoms. The van der Waals surface area contributed by atoms with E-state index in [1.54, 1.807) is 0 Å². The van der Waals surface area contributed by atoms with E-state index in [4.69, 9.17) is 0 Å². The van der Waals surface area contributed by atoms with Crippen LogP contribution in [-0.2, 0) is 6.42 Å². The van der Waals surface area contributed by atoms with Gasteiger partial charge in [-0.2, -0.15) is 0 Å². The zero-order chi connectivity index (χ0) is 16.6. The number of rotatable bonds is 3. The van der Waals surface area contributed by atoms with Crippen molar-refractivity contribution in [2.75, 3.05) is 5.32 Å². The van der Waals surface area contributed by atoms with E-state index in [0.717, 1.165) is 32.6 Å². The van der Waals surface area contributed by atoms with Crippen molar-refractivity contribution in [1.82, 2.24) is 9.38 Å². The number of amides is 1. The van der Waals surface area contributed by atoms with Crippen molar-refractivity contribution in [1.29, 1.82) is 0 Å². The van der Waals surface area contributed by atoms with Gasteiger partial charge in [0.1, 0.15) is 11.3 Å². The molecule has 118 valence electrons. The molecule has 0 saturated carbocycles. The van der Waals surface area contributed by atoms with E-state index in [0.29, 0.717) is 12.1 Å². The predicted molar refractivity (Wildman–Crippen MR) is 96.1 cm³/mol. The van der Waals surface area contributed by atoms with Crippen molar-refractivity contribution in [2.45, 2.75) is 27.2 Å². The van der Waals surface area contributed by atoms with Crippen LogP contribution in [0, 0.1) is 13.8 Å². The first-order valence-electron chi connectivity index (χ1n) is 7.54. The van der Waals surface area contributed by atoms with Crippen molar-refractivity contribution < 1.29 is 4.79 Å². The van der Waals surface area contributed by atoms with Crippen LogP contribution in [0.25, 0.3) is 5.65 Å². The van der Waals surface area contributed by atoms with Crippen LogP contribution in [0.2, 0.25) is 0 Å². The molecule has 2 aromatic heterocycles. The number of halogens is 1. The Hall–Kier alpha value is -2.14. The molecule has 0 unspecified atom stereocenters. The maximum Gasteiger partial charge on any atom is 0.274 e. The number of fused-ring (bicyclic) bond motifs is 1. The van der Waals surface area contributed by atoms with Gasteiger partial charge in [-0.25, -0.2) is 4.98 Å². The number of anilines is 1. The second kappa shape index (κ2) is 6.16. The highest BCUT2D eigenvalue weighted by Crippen LogP contribution is 2.22. The first-order chi connectivity index (χ1) is 11.0. The standard InChI is InChI=1S/C18H18BrN3O/c1-4-15-16(18(23)20-14-7-5-11(2)6-8-14)22-10-13(19)9-12(3)17(22)21-15/h5-10H,4H2,1-3H3,(H,20,23). The molecule has 4 nitrogen and oxygen atoms in total. The molecule has 0 aliphatic rings. The van der Waals surface area contributed by atoms with Gasteiger partial charge < -0.3 is 5.32 Å². The summed E-state index contributed by atoms with van der Waals surface area (Å²) in [5.74, 6) is -0.143. The van der Waals surface area contributed by atoms with Gasteiger partial charge in [0.2, 0.25) is 0 Å². The van der Waals surface area contributed by atoms with Crippen LogP contribution in [0.5, 0.6) is 0 Å². The van der Waals surface area contributed by atoms with Crippen LogP contribution in [-0.4, -0.2) is 15.3 Å². The van der Waals surface area contributed by atoms with Crippen LogP contribution in [0.3, 0.4) is 0 Å². The van der Waals surface area contributed by atoms with E-state index in [1.165, 1.54) is 0 Å². The van der Waals surface area contributed by atoms with E-state index < -0.39 is 0 Å². The maximum atomic E-state index is 12.8. The van der Waals surface area contributed by atoms with Gasteiger partial charge in [0.25, 0.3) is 5.91 Å². The molecule has 2 heterocycles. The minimum Gasteiger partial charge on any atom is -0.321 e. The van der Waals surface area contributed by atoms with E-state index >= 15 is 0 Å². The molecule has 3 rings (SSSR count). The molecule has 0 aliphatic carbocycles. The number of aryl methyl sites for hydroxylation is 3. The van der Waals surface area contributed by atoms with Crippen LogP contribution in [0.15, 0.2) is 41.0 Å². The molecule has 0 atom stereocenters. The summed E-state index contributed by atoms with van der Waals surface area (Å²) in [5.41, 5.74) is 5.18. The molecular formula is C18H18BrN3O. The van der Waals surface area contributed by atoms with Crippen molar-refractivity contribution >= 4 is 33.2 Å². The van der Waals surface area contributed by atoms with Crippen molar-refractivity contribution in [2.24, 2.45) is 0 Å². The lowest BCUT2D eigenvalue weighted by atomic mass is 10.2. The summed E-state index contributed by atoms with van der Waals surface area (Å²) in [5, 5.41) is 2.96. The van der Waals surface area contributed by atoms with Gasteiger partial charge in [0.15, 0.2) is 0 Å². The van der Waals surface area contributed by atoms with Gasteiger partial charge in [-0.3, -0.25) is 9.20 Å². The van der Waals surface area contributed by atoms with E-state index in [-0.39, 0.29) is 5.91 Å². The van der Waals surface area contributed by atoms with Gasteiger partial charge in [0, 0.05) is 16.4 Å². The zero-order valence-electron chi connectivity index (χ0n) is 13.4. The molecule has 0 bridgehead atoms. The van der Waals surface area contributed by atoms with E-state index in [1.807, 2.05) is 61.7 Å². The Labute approximate surface area is 143 Å². The Bertz CT molecular complexity index is 881. The molecule has 1 amide bonds. The minimum absolute atomic E-state index is 0.143. The summed E-state index contributed by atoms with van der Waals surface area (Å²) in [6.07, 6.45) is 2.59. The number of hydrogen-bond donors (Lipinski definition) is 1. The van der Waals surface area contributed by atoms with Crippen molar-refractivity contribution in [3.05, 3.63) is 63.5 Å². The fraction of sp³-hybridized carbons (Fsp3) is 0.222. The Balaban J connectivity index is 2.07. The molecule has 23 heavy (non-hydrogen) atoms. The quantitative estimate of drug-likeness (QED) is 0.734. The largest absolute Gasteiger partial charge is 0.321 e. The summed E-state index contributed by atoms with van der Waals surface area (Å²) >= 11 is 3.49. The minimum atomic E-state index is -0.143. The van der Waals surface area contributed by atoms with Gasteiger partial charge in [-0.1, -0.05) is 24.6 Å². The van der Waals surface area contributed by atoms with Gasteiger partial charge in [-0.15, -0.1) is 0 Å². The summed E-state index contributed by atoms with van der Waals surface area (Å²) in [6, 6.07) is 9.77. The lowest BCUT2D eigenvalue weighted by Gasteiger charge is -2.08. The zero-order valence-corrected chi connectivity index (χ0v) is 14.9. The summed E-state index contributed by atoms with van der Waals surface area (Å²) in [7, 11) is 0. The number of aromatic nitrogens is 2. The molecule has 1 aromatic carbocycles. The lowest BCUT2D eigenvalue weighted by Crippen LogP contribution is -2.16. The average Bonchev–Trinajstić information content (AvgIpc) is 2.88. The molecule has 1 N–H and O–H groups in total. The highest BCUT2D eigenvalue weighted by Gasteiger charge is 2.19. The Kier molecular flexibility index (Phi) is 4.22. The number of pyridine rings is 1. The fourth-order valence-corrected chi connectivity index (χ4v) is 3.18. The molecule has 0 aliphatic heterocycles. The number of carbonyl (C=O) groups excluding carboxylic acids is 1. The highest BCUT2D eigenvalue weighted by molar-refractivity contribution is 9.10. The molecule has 0 radical (unpaired) electrons. The Morgan fingerprint density at radius 1 is 1.26 bits per heavy atom. The maximum absolute atomic E-state index is 12.8. The van der Waals surface area contributed by atoms with E-state index in [9.17, 15) is 4.79 Å². The van der Waals surface area contributed by atoms with Crippen LogP contribution >= 0.6 is 15.9 Å². The molecule has 0 saturated heterocycles. The Morgan fingerprint density at radius 2 is 1.96 bits per heavy atom. The average molecular weight is 372 g/mol. The van der Waals surface area contributed by atoms with Crippen molar-refractivity contribution in [3.8, 4) is 0 Å². The predicted octanol–water partition coefficient (Wildman–Crippen LogP) is 4.53. The van der Waals surface area contributed by atoms with Gasteiger partial charge in [0.05, 0.1) is 5.69 Å². The SMILES string of the molecule is CCc1nc2c(C)cc(Br)cn2c1C(=O)Nc1ccc(C)cc1. The molecule has 0 fully saturated rings. The molecular weight excluding hydrogens is 354 g/mol. The topological polar surface area (TPSA) is 46.4 Å². The Morgan fingerprint density at radius 3 is 2.61 bits per heavy atom. The number of hydrogen-bond acceptors (Lipinski definition) is 2. The van der Waals surface area contributed by atoms with Gasteiger partial charge in [-0.05, 0) is 60.0 Å². The number of carbonyl (C=O) groups is 1. The number of benzene rings is 1. The lowest BCUT2D eigenvalue weighted by molar-refractivity contribution is 0.102. The summed E-state index contributed by atoms with van der Waals surface area (Å²) in [6.45, 7) is 6.02. The van der Waals surface area contributed by atoms with Gasteiger partial charge >= 0.3 is 0 Å². The smallest absolute Gasteiger partial charge is 0.274 e. The van der Waals surface area contributed by atoms with Crippen LogP contribution in [0.4, 0.5) is 5.69 Å². The third kappa shape index (κ3) is 3.01.